The van der Waals surface area contributed by atoms with Crippen LogP contribution in [0, 0.1) is 6.92 Å². The van der Waals surface area contributed by atoms with Crippen LogP contribution in [0.4, 0.5) is 4.79 Å². The fraction of sp³-hybridized carbons (Fsp3) is 0.400. The number of halogens is 1. The highest BCUT2D eigenvalue weighted by Gasteiger charge is 2.29. The van der Waals surface area contributed by atoms with Crippen LogP contribution in [0.1, 0.15) is 5.56 Å². The van der Waals surface area contributed by atoms with Gasteiger partial charge in [0.2, 0.25) is 15.9 Å². The highest BCUT2D eigenvalue weighted by molar-refractivity contribution is 9.11. The fourth-order valence-corrected chi connectivity index (χ4v) is 5.57. The van der Waals surface area contributed by atoms with Crippen molar-refractivity contribution in [3.63, 3.8) is 0 Å². The molecule has 0 spiro atoms. The molecule has 10 heteroatoms. The standard InChI is InChI=1S/C10H11BrN2O4S3/c1-6-4-8(19-9(6)11)20(16,17)12-2-3-13-7(14)5-18-10(13)15/h4,12H,2-3,5H2,1H3. The Morgan fingerprint density at radius 3 is 2.65 bits per heavy atom. The van der Waals surface area contributed by atoms with Crippen molar-refractivity contribution < 1.29 is 18.0 Å². The van der Waals surface area contributed by atoms with E-state index in [-0.39, 0.29) is 34.2 Å². The summed E-state index contributed by atoms with van der Waals surface area (Å²) < 4.78 is 27.4. The second kappa shape index (κ2) is 6.14. The molecule has 0 saturated carbocycles. The van der Waals surface area contributed by atoms with E-state index in [0.29, 0.717) is 0 Å². The van der Waals surface area contributed by atoms with Gasteiger partial charge in [-0.25, -0.2) is 13.1 Å². The van der Waals surface area contributed by atoms with Crippen molar-refractivity contribution in [2.75, 3.05) is 18.8 Å². The molecule has 1 fully saturated rings. The summed E-state index contributed by atoms with van der Waals surface area (Å²) in [5, 5.41) is -0.330. The van der Waals surface area contributed by atoms with E-state index in [1.54, 1.807) is 13.0 Å². The number of hydrogen-bond donors (Lipinski definition) is 1. The van der Waals surface area contributed by atoms with Gasteiger partial charge < -0.3 is 0 Å². The molecule has 1 aliphatic rings. The summed E-state index contributed by atoms with van der Waals surface area (Å²) in [6.45, 7) is 1.86. The van der Waals surface area contributed by atoms with Gasteiger partial charge in [0, 0.05) is 13.1 Å². The minimum absolute atomic E-state index is 0.00887. The van der Waals surface area contributed by atoms with Crippen LogP contribution in [0.5, 0.6) is 0 Å². The number of nitrogens with one attached hydrogen (secondary N) is 1. The van der Waals surface area contributed by atoms with Crippen molar-refractivity contribution in [3.8, 4) is 0 Å². The van der Waals surface area contributed by atoms with Crippen molar-refractivity contribution in [2.45, 2.75) is 11.1 Å². The lowest BCUT2D eigenvalue weighted by Crippen LogP contribution is -2.37. The van der Waals surface area contributed by atoms with Gasteiger partial charge in [0.1, 0.15) is 4.21 Å². The summed E-state index contributed by atoms with van der Waals surface area (Å²) in [6, 6.07) is 1.57. The van der Waals surface area contributed by atoms with Crippen LogP contribution in [-0.4, -0.2) is 43.3 Å². The summed E-state index contributed by atoms with van der Waals surface area (Å²) in [7, 11) is -3.61. The van der Waals surface area contributed by atoms with Crippen LogP contribution in [-0.2, 0) is 14.8 Å². The summed E-state index contributed by atoms with van der Waals surface area (Å²) in [5.41, 5.74) is 0.844. The quantitative estimate of drug-likeness (QED) is 0.816. The van der Waals surface area contributed by atoms with E-state index in [4.69, 9.17) is 0 Å². The van der Waals surface area contributed by atoms with Gasteiger partial charge in [-0.05, 0) is 34.5 Å². The zero-order valence-electron chi connectivity index (χ0n) is 10.4. The van der Waals surface area contributed by atoms with Crippen LogP contribution in [0.2, 0.25) is 0 Å². The maximum absolute atomic E-state index is 12.0. The monoisotopic (exact) mass is 398 g/mol. The number of amides is 2. The van der Waals surface area contributed by atoms with Gasteiger partial charge in [-0.1, -0.05) is 11.8 Å². The molecule has 0 atom stereocenters. The number of aryl methyl sites for hydroxylation is 1. The Bertz CT molecular complexity index is 620. The summed E-state index contributed by atoms with van der Waals surface area (Å²) in [5.74, 6) is -0.156. The fourth-order valence-electron chi connectivity index (χ4n) is 1.52. The van der Waals surface area contributed by atoms with Gasteiger partial charge in [-0.2, -0.15) is 0 Å². The summed E-state index contributed by atoms with van der Waals surface area (Å²) in [6.07, 6.45) is 0. The average Bonchev–Trinajstić information content (AvgIpc) is 2.87. The molecular formula is C10H11BrN2O4S3. The van der Waals surface area contributed by atoms with Crippen LogP contribution in [0.25, 0.3) is 0 Å². The molecule has 0 bridgehead atoms. The van der Waals surface area contributed by atoms with Gasteiger partial charge >= 0.3 is 0 Å². The molecule has 1 aromatic rings. The Kier molecular flexibility index (Phi) is 4.90. The number of rotatable bonds is 5. The third-order valence-electron chi connectivity index (χ3n) is 2.57. The van der Waals surface area contributed by atoms with Crippen molar-refractivity contribution in [1.82, 2.24) is 9.62 Å². The Balaban J connectivity index is 1.96. The topological polar surface area (TPSA) is 83.6 Å². The molecule has 1 N–H and O–H groups in total. The largest absolute Gasteiger partial charge is 0.288 e. The third-order valence-corrected chi connectivity index (χ3v) is 7.50. The molecule has 20 heavy (non-hydrogen) atoms. The predicted octanol–water partition coefficient (Wildman–Crippen LogP) is 1.79. The van der Waals surface area contributed by atoms with Crippen LogP contribution >= 0.6 is 39.0 Å². The molecule has 0 aromatic carbocycles. The predicted molar refractivity (Wildman–Crippen MR) is 81.5 cm³/mol. The highest BCUT2D eigenvalue weighted by Crippen LogP contribution is 2.30. The lowest BCUT2D eigenvalue weighted by Gasteiger charge is -2.12. The lowest BCUT2D eigenvalue weighted by molar-refractivity contribution is -0.124. The van der Waals surface area contributed by atoms with Crippen LogP contribution in [0.3, 0.4) is 0 Å². The molecule has 2 heterocycles. The van der Waals surface area contributed by atoms with E-state index in [2.05, 4.69) is 20.7 Å². The number of imide groups is 1. The molecule has 2 rings (SSSR count). The van der Waals surface area contributed by atoms with Gasteiger partial charge in [0.25, 0.3) is 5.24 Å². The zero-order chi connectivity index (χ0) is 14.9. The highest BCUT2D eigenvalue weighted by atomic mass is 79.9. The van der Waals surface area contributed by atoms with Crippen molar-refractivity contribution in [1.29, 1.82) is 0 Å². The number of carbonyl (C=O) groups excluding carboxylic acids is 2. The lowest BCUT2D eigenvalue weighted by atomic mass is 10.4. The van der Waals surface area contributed by atoms with E-state index < -0.39 is 10.0 Å². The molecule has 0 aliphatic carbocycles. The molecule has 6 nitrogen and oxygen atoms in total. The SMILES string of the molecule is Cc1cc(S(=O)(=O)NCCN2C(=O)CSC2=O)sc1Br. The summed E-state index contributed by atoms with van der Waals surface area (Å²) >= 11 is 5.32. The van der Waals surface area contributed by atoms with E-state index in [9.17, 15) is 18.0 Å². The Morgan fingerprint density at radius 2 is 2.15 bits per heavy atom. The van der Waals surface area contributed by atoms with E-state index in [1.165, 1.54) is 0 Å². The van der Waals surface area contributed by atoms with Gasteiger partial charge in [-0.3, -0.25) is 14.5 Å². The first kappa shape index (κ1) is 16.0. The number of carbonyl (C=O) groups is 2. The maximum atomic E-state index is 12.0. The smallest absolute Gasteiger partial charge is 0.273 e. The molecular weight excluding hydrogens is 388 g/mol. The Labute approximate surface area is 133 Å². The first-order valence-corrected chi connectivity index (χ1v) is 9.62. The molecule has 110 valence electrons. The molecule has 1 aliphatic heterocycles. The molecule has 1 saturated heterocycles. The number of thiophene rings is 1. The molecule has 1 aromatic heterocycles. The number of thioether (sulfide) groups is 1. The van der Waals surface area contributed by atoms with Crippen molar-refractivity contribution in [2.24, 2.45) is 0 Å². The first-order chi connectivity index (χ1) is 9.31. The van der Waals surface area contributed by atoms with E-state index in [1.807, 2.05) is 0 Å². The minimum Gasteiger partial charge on any atom is -0.273 e. The van der Waals surface area contributed by atoms with Crippen molar-refractivity contribution >= 4 is 60.2 Å². The average molecular weight is 399 g/mol. The van der Waals surface area contributed by atoms with Crippen LogP contribution < -0.4 is 4.72 Å². The van der Waals surface area contributed by atoms with Crippen LogP contribution in [0.15, 0.2) is 14.1 Å². The van der Waals surface area contributed by atoms with E-state index >= 15 is 0 Å². The zero-order valence-corrected chi connectivity index (χ0v) is 14.4. The van der Waals surface area contributed by atoms with Crippen molar-refractivity contribution in [3.05, 3.63) is 15.4 Å². The van der Waals surface area contributed by atoms with Gasteiger partial charge in [0.05, 0.1) is 9.54 Å². The Morgan fingerprint density at radius 1 is 1.45 bits per heavy atom. The minimum atomic E-state index is -3.61. The second-order valence-corrected chi connectivity index (χ2v) is 9.31. The Hall–Kier alpha value is -0.420. The molecule has 0 radical (unpaired) electrons. The normalized spacial score (nSPS) is 16.2. The maximum Gasteiger partial charge on any atom is 0.288 e. The summed E-state index contributed by atoms with van der Waals surface area (Å²) in [4.78, 5) is 23.8. The number of sulfonamides is 1. The molecule has 0 unspecified atom stereocenters. The van der Waals surface area contributed by atoms with E-state index in [0.717, 1.165) is 37.3 Å². The number of nitrogens with zero attached hydrogens (tertiary/aromatic N) is 1. The first-order valence-electron chi connectivity index (χ1n) is 5.54. The second-order valence-electron chi connectivity index (χ2n) is 4.02. The molecule has 2 amide bonds. The number of hydrogen-bond acceptors (Lipinski definition) is 6. The van der Waals surface area contributed by atoms with Gasteiger partial charge in [-0.15, -0.1) is 11.3 Å². The van der Waals surface area contributed by atoms with Gasteiger partial charge in [0.15, 0.2) is 0 Å². The third kappa shape index (κ3) is 3.42.